The summed E-state index contributed by atoms with van der Waals surface area (Å²) in [4.78, 5) is 12.3. The zero-order chi connectivity index (χ0) is 19.5. The van der Waals surface area contributed by atoms with Gasteiger partial charge in [0.1, 0.15) is 0 Å². The van der Waals surface area contributed by atoms with E-state index < -0.39 is 0 Å². The number of rotatable bonds is 5. The fourth-order valence-corrected chi connectivity index (χ4v) is 7.26. The summed E-state index contributed by atoms with van der Waals surface area (Å²) in [5.41, 5.74) is 0.781. The Balaban J connectivity index is 1.73. The first kappa shape index (κ1) is 19.7. The number of carbonyl (C=O) groups is 1. The Morgan fingerprint density at radius 3 is 2.59 bits per heavy atom. The molecule has 6 atom stereocenters. The second kappa shape index (κ2) is 7.00. The Morgan fingerprint density at radius 1 is 1.19 bits per heavy atom. The van der Waals surface area contributed by atoms with Crippen molar-refractivity contribution in [3.05, 3.63) is 28.2 Å². The number of amides is 1. The van der Waals surface area contributed by atoms with E-state index in [1.807, 2.05) is 22.2 Å². The Hall–Kier alpha value is -0.640. The van der Waals surface area contributed by atoms with E-state index in [-0.39, 0.29) is 17.0 Å². The zero-order valence-electron chi connectivity index (χ0n) is 16.0. The molecule has 3 saturated carbocycles. The molecule has 0 N–H and O–H groups in total. The van der Waals surface area contributed by atoms with E-state index in [1.54, 1.807) is 6.07 Å². The van der Waals surface area contributed by atoms with E-state index in [4.69, 9.17) is 34.8 Å². The van der Waals surface area contributed by atoms with E-state index >= 15 is 0 Å². The van der Waals surface area contributed by atoms with Crippen LogP contribution in [0.15, 0.2) is 18.2 Å². The molecule has 0 saturated heterocycles. The molecule has 1 aromatic rings. The maximum atomic E-state index is 12.4. The molecule has 0 aromatic heterocycles. The highest BCUT2D eigenvalue weighted by Crippen LogP contribution is 2.65. The van der Waals surface area contributed by atoms with Crippen molar-refractivity contribution in [1.82, 2.24) is 5.01 Å². The van der Waals surface area contributed by atoms with Gasteiger partial charge in [-0.05, 0) is 75.3 Å². The minimum absolute atomic E-state index is 0.0570. The lowest BCUT2D eigenvalue weighted by Gasteiger charge is -2.52. The summed E-state index contributed by atoms with van der Waals surface area (Å²) >= 11 is 19.8. The molecule has 3 aliphatic rings. The molecule has 3 nitrogen and oxygen atoms in total. The predicted octanol–water partition coefficient (Wildman–Crippen LogP) is 6.01. The molecule has 0 heterocycles. The van der Waals surface area contributed by atoms with Gasteiger partial charge in [0.05, 0.1) is 21.8 Å². The fraction of sp³-hybridized carbons (Fsp3) is 0.667. The second-order valence-corrected chi connectivity index (χ2v) is 10.5. The van der Waals surface area contributed by atoms with Gasteiger partial charge < -0.3 is 0 Å². The van der Waals surface area contributed by atoms with Crippen LogP contribution in [0.25, 0.3) is 0 Å². The number of hydrogen-bond acceptors (Lipinski definition) is 2. The van der Waals surface area contributed by atoms with Gasteiger partial charge in [0, 0.05) is 10.9 Å². The van der Waals surface area contributed by atoms with Crippen LogP contribution in [-0.4, -0.2) is 28.4 Å². The molecule has 4 unspecified atom stereocenters. The van der Waals surface area contributed by atoms with Gasteiger partial charge in [0.25, 0.3) is 0 Å². The lowest BCUT2D eigenvalue weighted by molar-refractivity contribution is -0.124. The molecule has 3 aliphatic carbocycles. The minimum atomic E-state index is -0.0570. The van der Waals surface area contributed by atoms with Gasteiger partial charge in [0.2, 0.25) is 6.41 Å². The van der Waals surface area contributed by atoms with Crippen molar-refractivity contribution in [2.24, 2.45) is 23.7 Å². The average molecular weight is 430 g/mol. The first-order valence-corrected chi connectivity index (χ1v) is 11.1. The van der Waals surface area contributed by atoms with Gasteiger partial charge in [-0.25, -0.2) is 0 Å². The SMILES string of the molecule is CC1C[C@]2(Cl)CC3CC(CC32)[C@@H]1N(C=O)N(c1cccc(Cl)c1Cl)C(C)C. The summed E-state index contributed by atoms with van der Waals surface area (Å²) in [5, 5.41) is 4.90. The number of hydrazine groups is 1. The van der Waals surface area contributed by atoms with Crippen molar-refractivity contribution in [1.29, 1.82) is 0 Å². The Morgan fingerprint density at radius 2 is 1.93 bits per heavy atom. The van der Waals surface area contributed by atoms with Gasteiger partial charge in [-0.3, -0.25) is 14.8 Å². The first-order valence-electron chi connectivity index (χ1n) is 9.92. The third-order valence-electron chi connectivity index (χ3n) is 7.05. The maximum Gasteiger partial charge on any atom is 0.228 e. The topological polar surface area (TPSA) is 23.6 Å². The van der Waals surface area contributed by atoms with Crippen LogP contribution in [0.5, 0.6) is 0 Å². The number of nitrogens with zero attached hydrogens (tertiary/aromatic N) is 2. The molecule has 148 valence electrons. The lowest BCUT2D eigenvalue weighted by atomic mass is 9.62. The Labute approximate surface area is 176 Å². The molecular weight excluding hydrogens is 403 g/mol. The third-order valence-corrected chi connectivity index (χ3v) is 8.45. The highest BCUT2D eigenvalue weighted by atomic mass is 35.5. The first-order chi connectivity index (χ1) is 12.8. The largest absolute Gasteiger partial charge is 0.279 e. The van der Waals surface area contributed by atoms with E-state index in [0.717, 1.165) is 37.3 Å². The lowest BCUT2D eigenvalue weighted by Crippen LogP contribution is -2.57. The summed E-state index contributed by atoms with van der Waals surface area (Å²) in [7, 11) is 0. The van der Waals surface area contributed by atoms with E-state index in [9.17, 15) is 4.79 Å². The standard InChI is InChI=1S/C21H27Cl3N2O/c1-12(2)26(18-6-4-5-17(22)19(18)23)25(11-27)20-13(3)9-21(24)10-15-7-14(20)8-16(15)21/h4-6,11-16,20H,7-10H2,1-3H3/t13?,14?,15?,16?,20-,21+/m1/s1. The quantitative estimate of drug-likeness (QED) is 0.325. The van der Waals surface area contributed by atoms with Gasteiger partial charge in [-0.15, -0.1) is 11.6 Å². The van der Waals surface area contributed by atoms with Gasteiger partial charge in [-0.2, -0.15) is 0 Å². The molecule has 3 fully saturated rings. The Bertz CT molecular complexity index is 742. The van der Waals surface area contributed by atoms with E-state index in [0.29, 0.717) is 27.8 Å². The van der Waals surface area contributed by atoms with Crippen LogP contribution < -0.4 is 5.01 Å². The van der Waals surface area contributed by atoms with Gasteiger partial charge in [0.15, 0.2) is 0 Å². The van der Waals surface area contributed by atoms with Crippen LogP contribution in [0.1, 0.15) is 46.5 Å². The number of alkyl halides is 1. The number of anilines is 1. The number of carbonyl (C=O) groups excluding carboxylic acids is 1. The van der Waals surface area contributed by atoms with Crippen molar-refractivity contribution in [3.63, 3.8) is 0 Å². The number of hydrogen-bond donors (Lipinski definition) is 0. The molecule has 6 heteroatoms. The smallest absolute Gasteiger partial charge is 0.228 e. The van der Waals surface area contributed by atoms with Gasteiger partial charge in [-0.1, -0.05) is 36.2 Å². The molecule has 4 rings (SSSR count). The highest BCUT2D eigenvalue weighted by Gasteiger charge is 2.62. The number of fused-ring (bicyclic) bond motifs is 1. The molecule has 2 bridgehead atoms. The molecule has 0 radical (unpaired) electrons. The molecular formula is C21H27Cl3N2O. The van der Waals surface area contributed by atoms with E-state index in [1.165, 1.54) is 6.42 Å². The highest BCUT2D eigenvalue weighted by molar-refractivity contribution is 6.43. The van der Waals surface area contributed by atoms with Crippen molar-refractivity contribution in [3.8, 4) is 0 Å². The average Bonchev–Trinajstić information content (AvgIpc) is 2.92. The molecule has 0 aliphatic heterocycles. The second-order valence-electron chi connectivity index (χ2n) is 9.01. The number of benzene rings is 1. The van der Waals surface area contributed by atoms with Crippen LogP contribution in [0, 0.1) is 23.7 Å². The molecule has 1 aromatic carbocycles. The van der Waals surface area contributed by atoms with Crippen LogP contribution in [0.2, 0.25) is 10.0 Å². The van der Waals surface area contributed by atoms with Crippen LogP contribution in [0.3, 0.4) is 0 Å². The third kappa shape index (κ3) is 3.05. The summed E-state index contributed by atoms with van der Waals surface area (Å²) < 4.78 is 0. The van der Waals surface area contributed by atoms with Crippen LogP contribution in [-0.2, 0) is 4.79 Å². The van der Waals surface area contributed by atoms with Crippen molar-refractivity contribution >= 4 is 46.9 Å². The number of halogens is 3. The van der Waals surface area contributed by atoms with Crippen LogP contribution in [0.4, 0.5) is 5.69 Å². The fourth-order valence-electron chi connectivity index (χ4n) is 6.17. The van der Waals surface area contributed by atoms with Gasteiger partial charge >= 0.3 is 0 Å². The monoisotopic (exact) mass is 428 g/mol. The van der Waals surface area contributed by atoms with Crippen LogP contribution >= 0.6 is 34.8 Å². The van der Waals surface area contributed by atoms with Crippen molar-refractivity contribution in [2.75, 3.05) is 5.01 Å². The van der Waals surface area contributed by atoms with Crippen molar-refractivity contribution < 1.29 is 4.79 Å². The zero-order valence-corrected chi connectivity index (χ0v) is 18.3. The summed E-state index contributed by atoms with van der Waals surface area (Å²) in [6, 6.07) is 5.79. The minimum Gasteiger partial charge on any atom is -0.279 e. The molecule has 27 heavy (non-hydrogen) atoms. The maximum absolute atomic E-state index is 12.4. The van der Waals surface area contributed by atoms with E-state index in [2.05, 4.69) is 20.8 Å². The summed E-state index contributed by atoms with van der Waals surface area (Å²) in [6.45, 7) is 6.40. The summed E-state index contributed by atoms with van der Waals surface area (Å²) in [6.07, 6.45) is 5.39. The van der Waals surface area contributed by atoms with Crippen molar-refractivity contribution in [2.45, 2.75) is 63.4 Å². The Kier molecular flexibility index (Phi) is 5.10. The molecule has 1 amide bonds. The normalized spacial score (nSPS) is 36.9. The predicted molar refractivity (Wildman–Crippen MR) is 112 cm³/mol. The summed E-state index contributed by atoms with van der Waals surface area (Å²) in [5.74, 6) is 2.18. The molecule has 0 spiro atoms.